The SMILES string of the molecule is C=CC=C1C(=C/C=C)/C(=C\C)[PH](=O)O/C1=C/C=C. The van der Waals surface area contributed by atoms with Crippen LogP contribution >= 0.6 is 8.03 Å². The standard InChI is InChI=1S/C15H17O2P/c1-5-9-12-13(10-6-2)15(8-4)18(16)17-14(12)11-7-3/h5-11,18H,1-3H2,4H3/b12-9?,13-10-,14-11+,15-8+. The Balaban J connectivity index is 3.49. The van der Waals surface area contributed by atoms with Crippen LogP contribution in [0, 0.1) is 0 Å². The zero-order valence-electron chi connectivity index (χ0n) is 10.5. The van der Waals surface area contributed by atoms with E-state index in [2.05, 4.69) is 19.7 Å². The van der Waals surface area contributed by atoms with E-state index in [9.17, 15) is 4.57 Å². The van der Waals surface area contributed by atoms with Gasteiger partial charge in [-0.15, -0.1) is 0 Å². The number of rotatable bonds is 3. The fourth-order valence-electron chi connectivity index (χ4n) is 1.69. The minimum Gasteiger partial charge on any atom is -0.441 e. The van der Waals surface area contributed by atoms with Crippen LogP contribution in [0.1, 0.15) is 6.92 Å². The van der Waals surface area contributed by atoms with Gasteiger partial charge in [-0.05, 0) is 18.6 Å². The Hall–Kier alpha value is -1.79. The van der Waals surface area contributed by atoms with E-state index in [-0.39, 0.29) is 0 Å². The molecular weight excluding hydrogens is 243 g/mol. The van der Waals surface area contributed by atoms with Crippen molar-refractivity contribution in [3.05, 3.63) is 84.5 Å². The molecule has 1 atom stereocenters. The molecule has 1 heterocycles. The molecule has 1 aliphatic heterocycles. The predicted octanol–water partition coefficient (Wildman–Crippen LogP) is 4.69. The molecule has 3 heteroatoms. The lowest BCUT2D eigenvalue weighted by atomic mass is 10.0. The van der Waals surface area contributed by atoms with Crippen molar-refractivity contribution in [2.24, 2.45) is 0 Å². The van der Waals surface area contributed by atoms with E-state index in [1.165, 1.54) is 0 Å². The van der Waals surface area contributed by atoms with Gasteiger partial charge in [-0.3, -0.25) is 4.57 Å². The minimum atomic E-state index is -2.27. The first-order valence-corrected chi connectivity index (χ1v) is 6.89. The molecule has 1 unspecified atom stereocenters. The van der Waals surface area contributed by atoms with Crippen molar-refractivity contribution in [3.63, 3.8) is 0 Å². The monoisotopic (exact) mass is 260 g/mol. The molecule has 0 N–H and O–H groups in total. The van der Waals surface area contributed by atoms with Crippen LogP contribution < -0.4 is 0 Å². The number of allylic oxidation sites excluding steroid dienone is 9. The molecule has 2 nitrogen and oxygen atoms in total. The molecule has 0 bridgehead atoms. The second kappa shape index (κ2) is 6.83. The molecule has 1 saturated heterocycles. The Labute approximate surface area is 109 Å². The summed E-state index contributed by atoms with van der Waals surface area (Å²) < 4.78 is 17.5. The second-order valence-corrected chi connectivity index (χ2v) is 4.81. The molecule has 0 aromatic carbocycles. The maximum Gasteiger partial charge on any atom is 0.266 e. The highest BCUT2D eigenvalue weighted by Crippen LogP contribution is 2.50. The highest BCUT2D eigenvalue weighted by molar-refractivity contribution is 7.45. The topological polar surface area (TPSA) is 26.3 Å². The summed E-state index contributed by atoms with van der Waals surface area (Å²) in [4.78, 5) is 0. The molecule has 0 aliphatic carbocycles. The molecule has 0 amide bonds. The smallest absolute Gasteiger partial charge is 0.266 e. The van der Waals surface area contributed by atoms with E-state index in [1.54, 1.807) is 30.4 Å². The van der Waals surface area contributed by atoms with Crippen molar-refractivity contribution < 1.29 is 9.09 Å². The maximum atomic E-state index is 12.0. The molecule has 1 aliphatic rings. The van der Waals surface area contributed by atoms with Crippen LogP contribution in [0.2, 0.25) is 0 Å². The van der Waals surface area contributed by atoms with Gasteiger partial charge in [0.25, 0.3) is 8.03 Å². The van der Waals surface area contributed by atoms with Gasteiger partial charge in [0.2, 0.25) is 0 Å². The van der Waals surface area contributed by atoms with Gasteiger partial charge < -0.3 is 4.52 Å². The van der Waals surface area contributed by atoms with Crippen molar-refractivity contribution in [1.82, 2.24) is 0 Å². The molecule has 0 radical (unpaired) electrons. The first kappa shape index (κ1) is 14.3. The summed E-state index contributed by atoms with van der Waals surface area (Å²) in [5.74, 6) is 0.549. The molecule has 1 fully saturated rings. The van der Waals surface area contributed by atoms with Crippen LogP contribution in [-0.4, -0.2) is 0 Å². The van der Waals surface area contributed by atoms with E-state index in [1.807, 2.05) is 19.1 Å². The van der Waals surface area contributed by atoms with Gasteiger partial charge in [0, 0.05) is 10.9 Å². The molecule has 0 saturated carbocycles. The summed E-state index contributed by atoms with van der Waals surface area (Å²) in [5.41, 5.74) is 1.69. The first-order chi connectivity index (χ1) is 8.69. The molecule has 1 rings (SSSR count). The van der Waals surface area contributed by atoms with Gasteiger partial charge in [-0.1, -0.05) is 56.2 Å². The number of hydrogen-bond donors (Lipinski definition) is 0. The lowest BCUT2D eigenvalue weighted by Gasteiger charge is -2.24. The van der Waals surface area contributed by atoms with Crippen LogP contribution in [0.3, 0.4) is 0 Å². The Morgan fingerprint density at radius 1 is 1.00 bits per heavy atom. The van der Waals surface area contributed by atoms with E-state index in [4.69, 9.17) is 4.52 Å². The molecule has 18 heavy (non-hydrogen) atoms. The third kappa shape index (κ3) is 2.91. The Kier molecular flexibility index (Phi) is 5.41. The summed E-state index contributed by atoms with van der Waals surface area (Å²) in [6, 6.07) is 0. The van der Waals surface area contributed by atoms with E-state index < -0.39 is 8.03 Å². The van der Waals surface area contributed by atoms with Crippen molar-refractivity contribution in [2.75, 3.05) is 0 Å². The third-order valence-corrected chi connectivity index (χ3v) is 3.80. The van der Waals surface area contributed by atoms with Gasteiger partial charge >= 0.3 is 0 Å². The summed E-state index contributed by atoms with van der Waals surface area (Å²) in [7, 11) is -2.27. The Morgan fingerprint density at radius 2 is 1.56 bits per heavy atom. The zero-order valence-corrected chi connectivity index (χ0v) is 11.5. The fraction of sp³-hybridized carbons (Fsp3) is 0.0667. The normalized spacial score (nSPS) is 28.4. The molecule has 0 aromatic rings. The average Bonchev–Trinajstić information content (AvgIpc) is 2.34. The molecule has 94 valence electrons. The quantitative estimate of drug-likeness (QED) is 0.688. The van der Waals surface area contributed by atoms with E-state index in [0.29, 0.717) is 11.1 Å². The first-order valence-electron chi connectivity index (χ1n) is 5.57. The van der Waals surface area contributed by atoms with Crippen LogP contribution in [0.4, 0.5) is 0 Å². The van der Waals surface area contributed by atoms with Gasteiger partial charge in [0.05, 0.1) is 0 Å². The van der Waals surface area contributed by atoms with Crippen molar-refractivity contribution in [1.29, 1.82) is 0 Å². The lowest BCUT2D eigenvalue weighted by molar-refractivity contribution is 0.433. The molecule has 0 spiro atoms. The van der Waals surface area contributed by atoms with Crippen molar-refractivity contribution in [2.45, 2.75) is 6.92 Å². The summed E-state index contributed by atoms with van der Waals surface area (Å²) >= 11 is 0. The van der Waals surface area contributed by atoms with E-state index in [0.717, 1.165) is 11.1 Å². The van der Waals surface area contributed by atoms with Crippen molar-refractivity contribution >= 4 is 8.03 Å². The van der Waals surface area contributed by atoms with Crippen LogP contribution in [0.25, 0.3) is 0 Å². The lowest BCUT2D eigenvalue weighted by Crippen LogP contribution is -2.04. The maximum absolute atomic E-state index is 12.0. The summed E-state index contributed by atoms with van der Waals surface area (Å²) in [5, 5.41) is 0.703. The fourth-order valence-corrected chi connectivity index (χ4v) is 2.85. The highest BCUT2D eigenvalue weighted by atomic mass is 31.1. The summed E-state index contributed by atoms with van der Waals surface area (Å²) in [6.07, 6.45) is 12.1. The van der Waals surface area contributed by atoms with Gasteiger partial charge in [0.1, 0.15) is 5.76 Å². The summed E-state index contributed by atoms with van der Waals surface area (Å²) in [6.45, 7) is 12.8. The van der Waals surface area contributed by atoms with Gasteiger partial charge in [0.15, 0.2) is 0 Å². The van der Waals surface area contributed by atoms with E-state index >= 15 is 0 Å². The van der Waals surface area contributed by atoms with Crippen molar-refractivity contribution in [3.8, 4) is 0 Å². The second-order valence-electron chi connectivity index (χ2n) is 3.49. The largest absolute Gasteiger partial charge is 0.441 e. The predicted molar refractivity (Wildman–Crippen MR) is 78.7 cm³/mol. The third-order valence-electron chi connectivity index (χ3n) is 2.40. The number of hydrogen-bond acceptors (Lipinski definition) is 2. The van der Waals surface area contributed by atoms with Gasteiger partial charge in [-0.2, -0.15) is 0 Å². The van der Waals surface area contributed by atoms with Crippen LogP contribution in [0.5, 0.6) is 0 Å². The minimum absolute atomic E-state index is 0.549. The highest BCUT2D eigenvalue weighted by Gasteiger charge is 2.26. The molecule has 0 aromatic heterocycles. The Morgan fingerprint density at radius 3 is 2.06 bits per heavy atom. The van der Waals surface area contributed by atoms with Gasteiger partial charge in [-0.25, -0.2) is 0 Å². The van der Waals surface area contributed by atoms with Crippen LogP contribution in [-0.2, 0) is 9.09 Å². The Bertz CT molecular complexity index is 517. The average molecular weight is 260 g/mol. The van der Waals surface area contributed by atoms with Crippen LogP contribution in [0.15, 0.2) is 84.5 Å². The zero-order chi connectivity index (χ0) is 13.5. The molecular formula is C15H17O2P.